The van der Waals surface area contributed by atoms with Crippen LogP contribution in [0.25, 0.3) is 15.5 Å². The number of nitrogens with zero attached hydrogens (tertiary/aromatic N) is 4. The molecule has 0 aliphatic carbocycles. The van der Waals surface area contributed by atoms with E-state index in [-0.39, 0.29) is 24.1 Å². The third-order valence-electron chi connectivity index (χ3n) is 2.54. The van der Waals surface area contributed by atoms with E-state index in [1.807, 2.05) is 11.4 Å². The Morgan fingerprint density at radius 1 is 1.40 bits per heavy atom. The largest absolute Gasteiger partial charge is 0.481 e. The van der Waals surface area contributed by atoms with Crippen LogP contribution in [-0.4, -0.2) is 30.9 Å². The molecule has 9 heteroatoms. The van der Waals surface area contributed by atoms with Crippen LogP contribution in [0.1, 0.15) is 11.4 Å². The van der Waals surface area contributed by atoms with Gasteiger partial charge in [-0.3, -0.25) is 9.59 Å². The molecule has 0 spiro atoms. The van der Waals surface area contributed by atoms with Crippen molar-refractivity contribution in [3.8, 4) is 10.6 Å². The number of thiophene rings is 1. The number of rotatable bonds is 4. The zero-order valence-corrected chi connectivity index (χ0v) is 11.6. The van der Waals surface area contributed by atoms with Gasteiger partial charge in [-0.05, 0) is 11.4 Å². The molecule has 7 nitrogen and oxygen atoms in total. The number of hydrogen-bond donors (Lipinski definition) is 1. The highest BCUT2D eigenvalue weighted by Crippen LogP contribution is 2.20. The van der Waals surface area contributed by atoms with Gasteiger partial charge in [0.15, 0.2) is 5.69 Å². The molecule has 0 bridgehead atoms. The van der Waals surface area contributed by atoms with Crippen molar-refractivity contribution in [2.45, 2.75) is 12.8 Å². The molecule has 1 N–H and O–H groups in total. The van der Waals surface area contributed by atoms with Crippen molar-refractivity contribution in [2.24, 2.45) is 0 Å². The minimum atomic E-state index is -0.901. The Morgan fingerprint density at radius 2 is 2.25 bits per heavy atom. The minimum absolute atomic E-state index is 0.0280. The van der Waals surface area contributed by atoms with Crippen LogP contribution in [-0.2, 0) is 11.2 Å². The molecule has 3 heterocycles. The van der Waals surface area contributed by atoms with Gasteiger partial charge in [0.05, 0.1) is 11.3 Å². The van der Waals surface area contributed by atoms with E-state index < -0.39 is 5.97 Å². The van der Waals surface area contributed by atoms with Crippen molar-refractivity contribution in [3.63, 3.8) is 0 Å². The quantitative estimate of drug-likeness (QED) is 0.780. The summed E-state index contributed by atoms with van der Waals surface area (Å²) in [5, 5.41) is 23.1. The number of hydrogen-bond acceptors (Lipinski definition) is 7. The van der Waals surface area contributed by atoms with Crippen LogP contribution >= 0.6 is 22.7 Å². The highest BCUT2D eigenvalue weighted by molar-refractivity contribution is 7.16. The molecule has 0 amide bonds. The smallest absolute Gasteiger partial charge is 0.303 e. The Bertz CT molecular complexity index is 822. The van der Waals surface area contributed by atoms with E-state index in [0.29, 0.717) is 9.97 Å². The first-order valence-corrected chi connectivity index (χ1v) is 7.36. The lowest BCUT2D eigenvalue weighted by Gasteiger charge is -1.94. The summed E-state index contributed by atoms with van der Waals surface area (Å²) in [6.07, 6.45) is 0.247. The van der Waals surface area contributed by atoms with Crippen LogP contribution in [0.5, 0.6) is 0 Å². The molecule has 0 unspecified atom stereocenters. The zero-order chi connectivity index (χ0) is 14.1. The van der Waals surface area contributed by atoms with Crippen LogP contribution < -0.4 is 5.56 Å². The standard InChI is InChI=1S/C11H8N4O3S2/c16-8(17)4-3-7-14-15-10(18)9(6-2-1-5-19-6)12-13-11(15)20-7/h1-2,5H,3-4H2,(H,16,17). The summed E-state index contributed by atoms with van der Waals surface area (Å²) >= 11 is 2.58. The molecule has 0 fully saturated rings. The topological polar surface area (TPSA) is 97.4 Å². The molecule has 0 saturated carbocycles. The summed E-state index contributed by atoms with van der Waals surface area (Å²) in [5.41, 5.74) is -0.0807. The second-order valence-corrected chi connectivity index (χ2v) is 5.90. The lowest BCUT2D eigenvalue weighted by molar-refractivity contribution is -0.136. The zero-order valence-electron chi connectivity index (χ0n) is 10.0. The maximum atomic E-state index is 12.3. The van der Waals surface area contributed by atoms with Crippen molar-refractivity contribution in [1.82, 2.24) is 19.8 Å². The fraction of sp³-hybridized carbons (Fsp3) is 0.182. The number of carboxylic acid groups (broad SMARTS) is 1. The average Bonchev–Trinajstić information content (AvgIpc) is 3.05. The Labute approximate surface area is 120 Å². The first kappa shape index (κ1) is 12.9. The van der Waals surface area contributed by atoms with Crippen molar-refractivity contribution in [3.05, 3.63) is 32.9 Å². The maximum absolute atomic E-state index is 12.3. The summed E-state index contributed by atoms with van der Waals surface area (Å²) in [6, 6.07) is 3.62. The number of fused-ring (bicyclic) bond motifs is 1. The number of carboxylic acids is 1. The fourth-order valence-electron chi connectivity index (χ4n) is 1.64. The number of aromatic nitrogens is 4. The minimum Gasteiger partial charge on any atom is -0.481 e. The van der Waals surface area contributed by atoms with E-state index in [1.54, 1.807) is 6.07 Å². The molecular formula is C11H8N4O3S2. The van der Waals surface area contributed by atoms with Crippen molar-refractivity contribution in [2.75, 3.05) is 0 Å². The van der Waals surface area contributed by atoms with Gasteiger partial charge >= 0.3 is 11.5 Å². The Balaban J connectivity index is 2.04. The van der Waals surface area contributed by atoms with Gasteiger partial charge < -0.3 is 5.11 Å². The van der Waals surface area contributed by atoms with E-state index in [9.17, 15) is 9.59 Å². The van der Waals surface area contributed by atoms with E-state index >= 15 is 0 Å². The van der Waals surface area contributed by atoms with Gasteiger partial charge in [-0.1, -0.05) is 17.4 Å². The van der Waals surface area contributed by atoms with E-state index in [1.165, 1.54) is 27.2 Å². The average molecular weight is 308 g/mol. The summed E-state index contributed by atoms with van der Waals surface area (Å²) in [6.45, 7) is 0. The number of aliphatic carboxylic acids is 1. The van der Waals surface area contributed by atoms with Gasteiger partial charge in [-0.2, -0.15) is 9.61 Å². The van der Waals surface area contributed by atoms with E-state index in [0.717, 1.165) is 4.88 Å². The van der Waals surface area contributed by atoms with Crippen LogP contribution in [0, 0.1) is 0 Å². The molecule has 3 rings (SSSR count). The van der Waals surface area contributed by atoms with Gasteiger partial charge in [-0.15, -0.1) is 21.5 Å². The molecule has 0 aliphatic rings. The Morgan fingerprint density at radius 3 is 2.95 bits per heavy atom. The molecular weight excluding hydrogens is 300 g/mol. The monoisotopic (exact) mass is 308 g/mol. The summed E-state index contributed by atoms with van der Waals surface area (Å²) in [5.74, 6) is -0.901. The highest BCUT2D eigenvalue weighted by Gasteiger charge is 2.14. The number of aryl methyl sites for hydroxylation is 1. The summed E-state index contributed by atoms with van der Waals surface area (Å²) in [7, 11) is 0. The maximum Gasteiger partial charge on any atom is 0.303 e. The third-order valence-corrected chi connectivity index (χ3v) is 4.37. The molecule has 3 aromatic heterocycles. The molecule has 0 radical (unpaired) electrons. The van der Waals surface area contributed by atoms with Crippen LogP contribution in [0.4, 0.5) is 0 Å². The molecule has 102 valence electrons. The first-order chi connectivity index (χ1) is 9.65. The predicted molar refractivity (Wildman–Crippen MR) is 74.2 cm³/mol. The van der Waals surface area contributed by atoms with Crippen LogP contribution in [0.2, 0.25) is 0 Å². The van der Waals surface area contributed by atoms with Gasteiger partial charge in [0.2, 0.25) is 4.96 Å². The van der Waals surface area contributed by atoms with Gasteiger partial charge in [0.25, 0.3) is 0 Å². The Kier molecular flexibility index (Phi) is 3.28. The molecule has 0 aliphatic heterocycles. The molecule has 3 aromatic rings. The van der Waals surface area contributed by atoms with E-state index in [4.69, 9.17) is 5.11 Å². The molecule has 20 heavy (non-hydrogen) atoms. The lowest BCUT2D eigenvalue weighted by Crippen LogP contribution is -2.18. The van der Waals surface area contributed by atoms with Gasteiger partial charge in [0.1, 0.15) is 5.01 Å². The lowest BCUT2D eigenvalue weighted by atomic mass is 10.3. The van der Waals surface area contributed by atoms with Crippen LogP contribution in [0.3, 0.4) is 0 Å². The third kappa shape index (κ3) is 2.32. The van der Waals surface area contributed by atoms with Crippen LogP contribution in [0.15, 0.2) is 22.3 Å². The van der Waals surface area contributed by atoms with Gasteiger partial charge in [-0.25, -0.2) is 0 Å². The van der Waals surface area contributed by atoms with Crippen molar-refractivity contribution in [1.29, 1.82) is 0 Å². The van der Waals surface area contributed by atoms with Crippen molar-refractivity contribution < 1.29 is 9.90 Å². The Hall–Kier alpha value is -2.13. The fourth-order valence-corrected chi connectivity index (χ4v) is 3.17. The summed E-state index contributed by atoms with van der Waals surface area (Å²) in [4.78, 5) is 23.9. The molecule has 0 aromatic carbocycles. The molecule has 0 atom stereocenters. The van der Waals surface area contributed by atoms with Crippen molar-refractivity contribution >= 4 is 33.6 Å². The second-order valence-electron chi connectivity index (χ2n) is 3.91. The van der Waals surface area contributed by atoms with Gasteiger partial charge in [0, 0.05) is 6.42 Å². The first-order valence-electron chi connectivity index (χ1n) is 5.66. The predicted octanol–water partition coefficient (Wildman–Crippen LogP) is 1.29. The highest BCUT2D eigenvalue weighted by atomic mass is 32.1. The number of carbonyl (C=O) groups is 1. The second kappa shape index (κ2) is 5.10. The summed E-state index contributed by atoms with van der Waals surface area (Å²) < 4.78 is 1.18. The molecule has 0 saturated heterocycles. The van der Waals surface area contributed by atoms with E-state index in [2.05, 4.69) is 15.3 Å². The normalized spacial score (nSPS) is 11.0. The SMILES string of the molecule is O=C(O)CCc1nn2c(=O)c(-c3cccs3)nnc2s1.